The smallest absolute Gasteiger partial charge is 0.242 e. The molecule has 0 atom stereocenters. The molecule has 84 valence electrons. The van der Waals surface area contributed by atoms with Gasteiger partial charge in [-0.05, 0) is 24.6 Å². The Morgan fingerprint density at radius 1 is 1.40 bits per heavy atom. The van der Waals surface area contributed by atoms with E-state index in [1.165, 1.54) is 10.4 Å². The van der Waals surface area contributed by atoms with Gasteiger partial charge in [-0.3, -0.25) is 0 Å². The van der Waals surface area contributed by atoms with Crippen molar-refractivity contribution in [2.24, 2.45) is 0 Å². The molecular formula is C10H16N2O2S. The average molecular weight is 228 g/mol. The summed E-state index contributed by atoms with van der Waals surface area (Å²) in [6.07, 6.45) is 0. The van der Waals surface area contributed by atoms with Gasteiger partial charge in [0.1, 0.15) is 0 Å². The van der Waals surface area contributed by atoms with E-state index in [1.807, 2.05) is 6.92 Å². The fraction of sp³-hybridized carbons (Fsp3) is 0.400. The second-order valence-electron chi connectivity index (χ2n) is 3.44. The minimum Gasteiger partial charge on any atom is -0.398 e. The van der Waals surface area contributed by atoms with Crippen molar-refractivity contribution >= 4 is 15.7 Å². The molecule has 0 unspecified atom stereocenters. The highest BCUT2D eigenvalue weighted by molar-refractivity contribution is 7.89. The Morgan fingerprint density at radius 2 is 2.00 bits per heavy atom. The van der Waals surface area contributed by atoms with Gasteiger partial charge in [0.15, 0.2) is 0 Å². The van der Waals surface area contributed by atoms with Gasteiger partial charge in [0.25, 0.3) is 0 Å². The molecule has 0 aliphatic carbocycles. The average Bonchev–Trinajstić information content (AvgIpc) is 2.20. The molecule has 1 aromatic carbocycles. The van der Waals surface area contributed by atoms with Gasteiger partial charge in [-0.2, -0.15) is 0 Å². The first-order chi connectivity index (χ1) is 6.89. The van der Waals surface area contributed by atoms with Gasteiger partial charge in [-0.15, -0.1) is 0 Å². The summed E-state index contributed by atoms with van der Waals surface area (Å²) in [7, 11) is -1.83. The van der Waals surface area contributed by atoms with Crippen LogP contribution in [0.25, 0.3) is 0 Å². The van der Waals surface area contributed by atoms with E-state index in [4.69, 9.17) is 5.73 Å². The van der Waals surface area contributed by atoms with Crippen LogP contribution in [0, 0.1) is 6.92 Å². The highest BCUT2D eigenvalue weighted by Crippen LogP contribution is 2.19. The number of nitrogens with two attached hydrogens (primary N) is 1. The van der Waals surface area contributed by atoms with E-state index in [9.17, 15) is 8.42 Å². The van der Waals surface area contributed by atoms with Gasteiger partial charge < -0.3 is 5.73 Å². The molecule has 15 heavy (non-hydrogen) atoms. The van der Waals surface area contributed by atoms with E-state index in [-0.39, 0.29) is 4.90 Å². The van der Waals surface area contributed by atoms with Gasteiger partial charge in [0.05, 0.1) is 4.90 Å². The molecule has 0 fully saturated rings. The molecule has 0 heterocycles. The molecule has 0 aliphatic rings. The second-order valence-corrected chi connectivity index (χ2v) is 5.48. The maximum atomic E-state index is 11.9. The van der Waals surface area contributed by atoms with Gasteiger partial charge in [0.2, 0.25) is 10.0 Å². The van der Waals surface area contributed by atoms with Gasteiger partial charge >= 0.3 is 0 Å². The van der Waals surface area contributed by atoms with Crippen molar-refractivity contribution in [2.45, 2.75) is 18.7 Å². The van der Waals surface area contributed by atoms with Crippen LogP contribution in [-0.4, -0.2) is 26.3 Å². The normalized spacial score (nSPS) is 12.0. The Hall–Kier alpha value is -1.07. The van der Waals surface area contributed by atoms with Crippen LogP contribution in [0.3, 0.4) is 0 Å². The number of rotatable bonds is 3. The standard InChI is InChI=1S/C10H16N2O2S/c1-4-12(3)15(13,14)9-6-5-8(2)10(11)7-9/h5-7H,4,11H2,1-3H3. The Kier molecular flexibility index (Phi) is 3.36. The van der Waals surface area contributed by atoms with Crippen LogP contribution in [0.4, 0.5) is 5.69 Å². The van der Waals surface area contributed by atoms with Crippen LogP contribution >= 0.6 is 0 Å². The minimum atomic E-state index is -3.37. The molecule has 1 aromatic rings. The molecule has 5 heteroatoms. The predicted octanol–water partition coefficient (Wildman–Crippen LogP) is 1.22. The summed E-state index contributed by atoms with van der Waals surface area (Å²) in [5.74, 6) is 0. The van der Waals surface area contributed by atoms with Gasteiger partial charge in [-0.25, -0.2) is 12.7 Å². The molecule has 0 bridgehead atoms. The highest BCUT2D eigenvalue weighted by Gasteiger charge is 2.19. The zero-order valence-corrected chi connectivity index (χ0v) is 10.0. The number of nitrogens with zero attached hydrogens (tertiary/aromatic N) is 1. The SMILES string of the molecule is CCN(C)S(=O)(=O)c1ccc(C)c(N)c1. The molecule has 0 saturated heterocycles. The van der Waals surface area contributed by atoms with Crippen LogP contribution in [0.1, 0.15) is 12.5 Å². The predicted molar refractivity (Wildman–Crippen MR) is 61.1 cm³/mol. The Balaban J connectivity index is 3.23. The molecule has 0 saturated carbocycles. The van der Waals surface area contributed by atoms with Crippen molar-refractivity contribution in [3.8, 4) is 0 Å². The number of hydrogen-bond acceptors (Lipinski definition) is 3. The third kappa shape index (κ3) is 2.30. The van der Waals surface area contributed by atoms with Crippen LogP contribution in [0.15, 0.2) is 23.1 Å². The first-order valence-electron chi connectivity index (χ1n) is 4.72. The lowest BCUT2D eigenvalue weighted by molar-refractivity contribution is 0.486. The molecule has 0 spiro atoms. The molecule has 2 N–H and O–H groups in total. The lowest BCUT2D eigenvalue weighted by atomic mass is 10.2. The molecule has 4 nitrogen and oxygen atoms in total. The Bertz CT molecular complexity index is 454. The fourth-order valence-corrected chi connectivity index (χ4v) is 2.34. The van der Waals surface area contributed by atoms with E-state index in [2.05, 4.69) is 0 Å². The number of hydrogen-bond donors (Lipinski definition) is 1. The van der Waals surface area contributed by atoms with Gasteiger partial charge in [-0.1, -0.05) is 13.0 Å². The molecule has 0 aromatic heterocycles. The number of anilines is 1. The summed E-state index contributed by atoms with van der Waals surface area (Å²) in [6.45, 7) is 4.07. The van der Waals surface area contributed by atoms with E-state index in [0.29, 0.717) is 12.2 Å². The molecule has 0 radical (unpaired) electrons. The van der Waals surface area contributed by atoms with Crippen molar-refractivity contribution in [3.63, 3.8) is 0 Å². The minimum absolute atomic E-state index is 0.245. The zero-order valence-electron chi connectivity index (χ0n) is 9.19. The van der Waals surface area contributed by atoms with E-state index in [0.717, 1.165) is 5.56 Å². The van der Waals surface area contributed by atoms with Crippen molar-refractivity contribution in [1.29, 1.82) is 0 Å². The largest absolute Gasteiger partial charge is 0.398 e. The number of nitrogen functional groups attached to an aromatic ring is 1. The van der Waals surface area contributed by atoms with Crippen molar-refractivity contribution < 1.29 is 8.42 Å². The topological polar surface area (TPSA) is 63.4 Å². The van der Waals surface area contributed by atoms with E-state index >= 15 is 0 Å². The van der Waals surface area contributed by atoms with Crippen LogP contribution in [0.5, 0.6) is 0 Å². The number of sulfonamides is 1. The summed E-state index contributed by atoms with van der Waals surface area (Å²) < 4.78 is 25.1. The van der Waals surface area contributed by atoms with Crippen molar-refractivity contribution in [2.75, 3.05) is 19.3 Å². The monoisotopic (exact) mass is 228 g/mol. The molecular weight excluding hydrogens is 212 g/mol. The molecule has 0 aliphatic heterocycles. The second kappa shape index (κ2) is 4.20. The number of benzene rings is 1. The summed E-state index contributed by atoms with van der Waals surface area (Å²) in [5.41, 5.74) is 7.06. The third-order valence-corrected chi connectivity index (χ3v) is 4.33. The van der Waals surface area contributed by atoms with Gasteiger partial charge in [0, 0.05) is 19.3 Å². The quantitative estimate of drug-likeness (QED) is 0.791. The molecule has 1 rings (SSSR count). The first kappa shape index (κ1) is 12.0. The fourth-order valence-electron chi connectivity index (χ4n) is 1.13. The van der Waals surface area contributed by atoms with Crippen LogP contribution < -0.4 is 5.73 Å². The molecule has 0 amide bonds. The summed E-state index contributed by atoms with van der Waals surface area (Å²) in [5, 5.41) is 0. The maximum absolute atomic E-state index is 11.9. The van der Waals surface area contributed by atoms with Crippen molar-refractivity contribution in [1.82, 2.24) is 4.31 Å². The lowest BCUT2D eigenvalue weighted by Gasteiger charge is -2.15. The summed E-state index contributed by atoms with van der Waals surface area (Å²) in [4.78, 5) is 0.245. The number of aryl methyl sites for hydroxylation is 1. The third-order valence-electron chi connectivity index (χ3n) is 2.40. The van der Waals surface area contributed by atoms with Crippen molar-refractivity contribution in [3.05, 3.63) is 23.8 Å². The Labute approximate surface area is 90.8 Å². The summed E-state index contributed by atoms with van der Waals surface area (Å²) in [6, 6.07) is 4.79. The van der Waals surface area contributed by atoms with E-state index < -0.39 is 10.0 Å². The van der Waals surface area contributed by atoms with E-state index in [1.54, 1.807) is 26.1 Å². The maximum Gasteiger partial charge on any atom is 0.242 e. The Morgan fingerprint density at radius 3 is 2.47 bits per heavy atom. The van der Waals surface area contributed by atoms with Crippen LogP contribution in [0.2, 0.25) is 0 Å². The first-order valence-corrected chi connectivity index (χ1v) is 6.16. The summed E-state index contributed by atoms with van der Waals surface area (Å²) >= 11 is 0. The highest BCUT2D eigenvalue weighted by atomic mass is 32.2. The lowest BCUT2D eigenvalue weighted by Crippen LogP contribution is -2.26. The van der Waals surface area contributed by atoms with Crippen LogP contribution in [-0.2, 0) is 10.0 Å². The zero-order chi connectivity index (χ0) is 11.6.